The van der Waals surface area contributed by atoms with Gasteiger partial charge in [-0.25, -0.2) is 0 Å². The molecule has 0 amide bonds. The average molecular weight is 314 g/mol. The summed E-state index contributed by atoms with van der Waals surface area (Å²) in [4.78, 5) is 0.923. The highest BCUT2D eigenvalue weighted by Crippen LogP contribution is 2.42. The van der Waals surface area contributed by atoms with Gasteiger partial charge in [-0.2, -0.15) is 0 Å². The molecule has 0 fully saturated rings. The molecule has 0 saturated carbocycles. The number of methoxy groups -OCH3 is 3. The van der Waals surface area contributed by atoms with Crippen molar-refractivity contribution in [3.05, 3.63) is 39.0 Å². The number of thiophene rings is 1. The zero-order valence-corrected chi connectivity index (χ0v) is 13.0. The van der Waals surface area contributed by atoms with Crippen LogP contribution >= 0.6 is 22.9 Å². The molecule has 0 aliphatic carbocycles. The SMILES string of the molecule is COc1ccsc1C(N)c1ccc(OC)c(Cl)c1OC. The second-order valence-corrected chi connectivity index (χ2v) is 5.36. The molecule has 1 aromatic heterocycles. The molecule has 2 aromatic rings. The van der Waals surface area contributed by atoms with Crippen molar-refractivity contribution in [2.45, 2.75) is 6.04 Å². The fraction of sp³-hybridized carbons (Fsp3) is 0.286. The Labute approximate surface area is 127 Å². The van der Waals surface area contributed by atoms with Crippen molar-refractivity contribution in [3.63, 3.8) is 0 Å². The molecular weight excluding hydrogens is 298 g/mol. The molecule has 0 bridgehead atoms. The first kappa shape index (κ1) is 15.0. The third-order valence-corrected chi connectivity index (χ3v) is 4.35. The van der Waals surface area contributed by atoms with Gasteiger partial charge in [-0.1, -0.05) is 11.6 Å². The number of rotatable bonds is 5. The minimum Gasteiger partial charge on any atom is -0.496 e. The van der Waals surface area contributed by atoms with E-state index in [0.717, 1.165) is 16.2 Å². The Kier molecular flexibility index (Phi) is 4.75. The van der Waals surface area contributed by atoms with Gasteiger partial charge < -0.3 is 19.9 Å². The number of nitrogens with two attached hydrogens (primary N) is 1. The Morgan fingerprint density at radius 1 is 1.05 bits per heavy atom. The molecular formula is C14H16ClNO3S. The number of halogens is 1. The summed E-state index contributed by atoms with van der Waals surface area (Å²) in [5, 5.41) is 2.35. The molecule has 0 aliphatic rings. The summed E-state index contributed by atoms with van der Waals surface area (Å²) in [6, 6.07) is 5.15. The molecule has 0 radical (unpaired) electrons. The Balaban J connectivity index is 2.49. The molecule has 6 heteroatoms. The van der Waals surface area contributed by atoms with Gasteiger partial charge in [-0.15, -0.1) is 11.3 Å². The van der Waals surface area contributed by atoms with Gasteiger partial charge in [0.2, 0.25) is 0 Å². The van der Waals surface area contributed by atoms with Gasteiger partial charge in [-0.3, -0.25) is 0 Å². The second-order valence-electron chi connectivity index (χ2n) is 4.04. The highest BCUT2D eigenvalue weighted by molar-refractivity contribution is 7.10. The Morgan fingerprint density at radius 2 is 1.75 bits per heavy atom. The van der Waals surface area contributed by atoms with Crippen LogP contribution in [0.15, 0.2) is 23.6 Å². The van der Waals surface area contributed by atoms with Crippen LogP contribution in [-0.2, 0) is 0 Å². The van der Waals surface area contributed by atoms with Crippen LogP contribution in [0.1, 0.15) is 16.5 Å². The molecule has 1 aromatic carbocycles. The van der Waals surface area contributed by atoms with E-state index in [2.05, 4.69) is 0 Å². The van der Waals surface area contributed by atoms with Crippen LogP contribution < -0.4 is 19.9 Å². The van der Waals surface area contributed by atoms with Crippen molar-refractivity contribution < 1.29 is 14.2 Å². The first-order valence-electron chi connectivity index (χ1n) is 5.91. The van der Waals surface area contributed by atoms with Crippen molar-refractivity contribution in [1.29, 1.82) is 0 Å². The first-order chi connectivity index (χ1) is 9.63. The fourth-order valence-electron chi connectivity index (χ4n) is 2.01. The minimum atomic E-state index is -0.372. The van der Waals surface area contributed by atoms with Gasteiger partial charge in [0.15, 0.2) is 0 Å². The maximum atomic E-state index is 6.32. The number of benzene rings is 1. The molecule has 1 heterocycles. The molecule has 4 nitrogen and oxygen atoms in total. The van der Waals surface area contributed by atoms with Gasteiger partial charge in [0.05, 0.1) is 32.2 Å². The van der Waals surface area contributed by atoms with E-state index < -0.39 is 0 Å². The summed E-state index contributed by atoms with van der Waals surface area (Å²) in [5.74, 6) is 1.84. The average Bonchev–Trinajstić information content (AvgIpc) is 2.94. The Hall–Kier alpha value is -1.43. The zero-order valence-electron chi connectivity index (χ0n) is 11.5. The molecule has 0 aliphatic heterocycles. The van der Waals surface area contributed by atoms with Crippen LogP contribution in [0.2, 0.25) is 5.02 Å². The minimum absolute atomic E-state index is 0.372. The molecule has 20 heavy (non-hydrogen) atoms. The van der Waals surface area contributed by atoms with Gasteiger partial charge in [0, 0.05) is 5.56 Å². The van der Waals surface area contributed by atoms with Crippen molar-refractivity contribution >= 4 is 22.9 Å². The summed E-state index contributed by atoms with van der Waals surface area (Å²) in [6.45, 7) is 0. The summed E-state index contributed by atoms with van der Waals surface area (Å²) in [6.07, 6.45) is 0. The Morgan fingerprint density at radius 3 is 2.35 bits per heavy atom. The highest BCUT2D eigenvalue weighted by Gasteiger charge is 2.22. The van der Waals surface area contributed by atoms with E-state index in [-0.39, 0.29) is 6.04 Å². The standard InChI is InChI=1S/C14H16ClNO3S/c1-17-9-5-4-8(13(19-3)11(9)15)12(16)14-10(18-2)6-7-20-14/h4-7,12H,16H2,1-3H3. The topological polar surface area (TPSA) is 53.7 Å². The van der Waals surface area contributed by atoms with E-state index >= 15 is 0 Å². The summed E-state index contributed by atoms with van der Waals surface area (Å²) in [7, 11) is 4.74. The van der Waals surface area contributed by atoms with Crippen LogP contribution in [0.25, 0.3) is 0 Å². The third-order valence-electron chi connectivity index (χ3n) is 3.01. The van der Waals surface area contributed by atoms with Crippen LogP contribution in [0.4, 0.5) is 0 Å². The van der Waals surface area contributed by atoms with Crippen LogP contribution in [0.5, 0.6) is 17.2 Å². The van der Waals surface area contributed by atoms with E-state index in [1.807, 2.05) is 17.5 Å². The van der Waals surface area contributed by atoms with Crippen LogP contribution in [0, 0.1) is 0 Å². The zero-order chi connectivity index (χ0) is 14.7. The molecule has 0 saturated heterocycles. The summed E-state index contributed by atoms with van der Waals surface area (Å²) < 4.78 is 15.9. The fourth-order valence-corrected chi connectivity index (χ4v) is 3.21. The lowest BCUT2D eigenvalue weighted by Gasteiger charge is -2.18. The quantitative estimate of drug-likeness (QED) is 0.918. The normalized spacial score (nSPS) is 12.1. The number of hydrogen-bond acceptors (Lipinski definition) is 5. The van der Waals surface area contributed by atoms with Gasteiger partial charge in [0.1, 0.15) is 22.3 Å². The molecule has 2 rings (SSSR count). The van der Waals surface area contributed by atoms with Crippen molar-refractivity contribution in [2.24, 2.45) is 5.73 Å². The maximum absolute atomic E-state index is 6.32. The smallest absolute Gasteiger partial charge is 0.146 e. The van der Waals surface area contributed by atoms with Crippen molar-refractivity contribution in [1.82, 2.24) is 0 Å². The van der Waals surface area contributed by atoms with Crippen molar-refractivity contribution in [3.8, 4) is 17.2 Å². The lowest BCUT2D eigenvalue weighted by Crippen LogP contribution is -2.13. The summed E-state index contributed by atoms with van der Waals surface area (Å²) >= 11 is 7.79. The predicted molar refractivity (Wildman–Crippen MR) is 81.5 cm³/mol. The third kappa shape index (κ3) is 2.57. The predicted octanol–water partition coefficient (Wildman–Crippen LogP) is 3.48. The lowest BCUT2D eigenvalue weighted by atomic mass is 10.0. The van der Waals surface area contributed by atoms with Crippen molar-refractivity contribution in [2.75, 3.05) is 21.3 Å². The Bertz CT molecular complexity index is 600. The maximum Gasteiger partial charge on any atom is 0.146 e. The van der Waals surface area contributed by atoms with Gasteiger partial charge in [0.25, 0.3) is 0 Å². The van der Waals surface area contributed by atoms with E-state index in [1.54, 1.807) is 27.4 Å². The summed E-state index contributed by atoms with van der Waals surface area (Å²) in [5.41, 5.74) is 7.12. The van der Waals surface area contributed by atoms with Gasteiger partial charge in [-0.05, 0) is 23.6 Å². The van der Waals surface area contributed by atoms with E-state index in [0.29, 0.717) is 16.5 Å². The lowest BCUT2D eigenvalue weighted by molar-refractivity contribution is 0.389. The monoisotopic (exact) mass is 313 g/mol. The van der Waals surface area contributed by atoms with E-state index in [9.17, 15) is 0 Å². The first-order valence-corrected chi connectivity index (χ1v) is 7.17. The molecule has 2 N–H and O–H groups in total. The molecule has 1 atom stereocenters. The van der Waals surface area contributed by atoms with Crippen LogP contribution in [-0.4, -0.2) is 21.3 Å². The van der Waals surface area contributed by atoms with Crippen LogP contribution in [0.3, 0.4) is 0 Å². The highest BCUT2D eigenvalue weighted by atomic mass is 35.5. The van der Waals surface area contributed by atoms with E-state index in [4.69, 9.17) is 31.5 Å². The largest absolute Gasteiger partial charge is 0.496 e. The molecule has 0 spiro atoms. The van der Waals surface area contributed by atoms with E-state index in [1.165, 1.54) is 11.3 Å². The second kappa shape index (κ2) is 6.35. The molecule has 1 unspecified atom stereocenters. The molecule has 108 valence electrons. The number of hydrogen-bond donors (Lipinski definition) is 1. The van der Waals surface area contributed by atoms with Gasteiger partial charge >= 0.3 is 0 Å². The number of ether oxygens (including phenoxy) is 3.